The van der Waals surface area contributed by atoms with Crippen LogP contribution in [-0.4, -0.2) is 38.0 Å². The molecule has 16 heavy (non-hydrogen) atoms. The van der Waals surface area contributed by atoms with E-state index in [4.69, 9.17) is 0 Å². The van der Waals surface area contributed by atoms with Crippen molar-refractivity contribution in [3.63, 3.8) is 0 Å². The van der Waals surface area contributed by atoms with Crippen LogP contribution in [0.25, 0.3) is 0 Å². The highest BCUT2D eigenvalue weighted by molar-refractivity contribution is 5.76. The van der Waals surface area contributed by atoms with Gasteiger partial charge in [-0.1, -0.05) is 0 Å². The molecule has 4 nitrogen and oxygen atoms in total. The fourth-order valence-corrected chi connectivity index (χ4v) is 1.09. The summed E-state index contributed by atoms with van der Waals surface area (Å²) in [6.45, 7) is 0.00370. The zero-order valence-electron chi connectivity index (χ0n) is 8.77. The molecule has 94 valence electrons. The van der Waals surface area contributed by atoms with E-state index >= 15 is 0 Å². The lowest BCUT2D eigenvalue weighted by molar-refractivity contribution is -0.323. The largest absolute Gasteiger partial charge is 0.522 e. The maximum atomic E-state index is 11.5. The van der Waals surface area contributed by atoms with Crippen LogP contribution in [0.15, 0.2) is 0 Å². The highest BCUT2D eigenvalue weighted by Crippen LogP contribution is 2.18. The molecule has 1 saturated carbocycles. The lowest BCUT2D eigenvalue weighted by Crippen LogP contribution is -2.31. The van der Waals surface area contributed by atoms with Crippen molar-refractivity contribution >= 4 is 5.91 Å². The van der Waals surface area contributed by atoms with Gasteiger partial charge in [-0.25, -0.2) is 0 Å². The van der Waals surface area contributed by atoms with Crippen molar-refractivity contribution < 1.29 is 22.7 Å². The third kappa shape index (κ3) is 7.47. The highest BCUT2D eigenvalue weighted by atomic mass is 19.4. The fourth-order valence-electron chi connectivity index (χ4n) is 1.09. The van der Waals surface area contributed by atoms with Gasteiger partial charge in [-0.15, -0.1) is 13.2 Å². The van der Waals surface area contributed by atoms with Crippen LogP contribution >= 0.6 is 0 Å². The van der Waals surface area contributed by atoms with Crippen molar-refractivity contribution in [3.05, 3.63) is 0 Å². The standard InChI is InChI=1S/C9H15F3N2O2/c10-9(11,12)16-6-5-13-4-3-8(15)14-7-1-2-7/h7,13H,1-6H2,(H,14,15). The lowest BCUT2D eigenvalue weighted by Gasteiger charge is -2.08. The Morgan fingerprint density at radius 3 is 2.56 bits per heavy atom. The summed E-state index contributed by atoms with van der Waals surface area (Å²) in [7, 11) is 0. The first-order chi connectivity index (χ1) is 7.47. The van der Waals surface area contributed by atoms with Gasteiger partial charge in [0.25, 0.3) is 0 Å². The minimum atomic E-state index is -4.58. The van der Waals surface area contributed by atoms with Gasteiger partial charge in [0.1, 0.15) is 0 Å². The van der Waals surface area contributed by atoms with Crippen molar-refractivity contribution in [2.75, 3.05) is 19.7 Å². The summed E-state index contributed by atoms with van der Waals surface area (Å²) >= 11 is 0. The first-order valence-electron chi connectivity index (χ1n) is 5.18. The Hall–Kier alpha value is -0.820. The molecule has 0 spiro atoms. The Labute approximate surface area is 91.5 Å². The lowest BCUT2D eigenvalue weighted by atomic mass is 10.4. The summed E-state index contributed by atoms with van der Waals surface area (Å²) in [5.74, 6) is -0.0632. The second-order valence-electron chi connectivity index (χ2n) is 3.64. The molecule has 0 heterocycles. The second kappa shape index (κ2) is 6.05. The van der Waals surface area contributed by atoms with Gasteiger partial charge < -0.3 is 10.6 Å². The third-order valence-corrected chi connectivity index (χ3v) is 2.02. The van der Waals surface area contributed by atoms with Crippen LogP contribution in [0.2, 0.25) is 0 Å². The summed E-state index contributed by atoms with van der Waals surface area (Å²) in [6.07, 6.45) is -2.25. The molecule has 0 aliphatic heterocycles. The van der Waals surface area contributed by atoms with Crippen LogP contribution in [0.5, 0.6) is 0 Å². The van der Waals surface area contributed by atoms with E-state index in [9.17, 15) is 18.0 Å². The number of carbonyl (C=O) groups is 1. The SMILES string of the molecule is O=C(CCNCCOC(F)(F)F)NC1CC1. The van der Waals surface area contributed by atoms with Gasteiger partial charge in [-0.3, -0.25) is 9.53 Å². The zero-order valence-corrected chi connectivity index (χ0v) is 8.77. The smallest absolute Gasteiger partial charge is 0.353 e. The molecule has 0 aromatic carbocycles. The number of halogens is 3. The molecule has 7 heteroatoms. The van der Waals surface area contributed by atoms with Gasteiger partial charge in [0, 0.05) is 25.6 Å². The number of amides is 1. The number of nitrogens with one attached hydrogen (secondary N) is 2. The maximum Gasteiger partial charge on any atom is 0.522 e. The predicted octanol–water partition coefficient (Wildman–Crippen LogP) is 0.781. The molecule has 2 N–H and O–H groups in total. The molecule has 0 aromatic rings. The Morgan fingerprint density at radius 2 is 2.00 bits per heavy atom. The van der Waals surface area contributed by atoms with E-state index < -0.39 is 13.0 Å². The van der Waals surface area contributed by atoms with Crippen LogP contribution in [0.4, 0.5) is 13.2 Å². The van der Waals surface area contributed by atoms with Crippen molar-refractivity contribution in [1.82, 2.24) is 10.6 Å². The fraction of sp³-hybridized carbons (Fsp3) is 0.889. The molecule has 1 aliphatic carbocycles. The molecule has 1 fully saturated rings. The molecule has 1 aliphatic rings. The average Bonchev–Trinajstić information content (AvgIpc) is 2.93. The quantitative estimate of drug-likeness (QED) is 0.647. The van der Waals surface area contributed by atoms with Crippen molar-refractivity contribution in [2.45, 2.75) is 31.7 Å². The number of hydrogen-bond acceptors (Lipinski definition) is 3. The van der Waals surface area contributed by atoms with E-state index in [2.05, 4.69) is 15.4 Å². The summed E-state index contributed by atoms with van der Waals surface area (Å²) in [4.78, 5) is 11.1. The second-order valence-corrected chi connectivity index (χ2v) is 3.64. The highest BCUT2D eigenvalue weighted by Gasteiger charge is 2.28. The van der Waals surface area contributed by atoms with E-state index in [1.807, 2.05) is 0 Å². The Morgan fingerprint density at radius 1 is 1.31 bits per heavy atom. The summed E-state index contributed by atoms with van der Waals surface area (Å²) < 4.78 is 38.1. The van der Waals surface area contributed by atoms with Gasteiger partial charge in [-0.2, -0.15) is 0 Å². The van der Waals surface area contributed by atoms with Crippen LogP contribution < -0.4 is 10.6 Å². The van der Waals surface area contributed by atoms with Gasteiger partial charge in [-0.05, 0) is 12.8 Å². The molecule has 0 atom stereocenters. The maximum absolute atomic E-state index is 11.5. The zero-order chi connectivity index (χ0) is 12.0. The summed E-state index contributed by atoms with van der Waals surface area (Å²) in [6, 6.07) is 0.320. The number of alkyl halides is 3. The minimum absolute atomic E-state index is 0.0632. The number of rotatable bonds is 7. The summed E-state index contributed by atoms with van der Waals surface area (Å²) in [5.41, 5.74) is 0. The topological polar surface area (TPSA) is 50.4 Å². The molecular weight excluding hydrogens is 225 g/mol. The average molecular weight is 240 g/mol. The molecule has 1 amide bonds. The first-order valence-corrected chi connectivity index (χ1v) is 5.18. The number of ether oxygens (including phenoxy) is 1. The molecular formula is C9H15F3N2O2. The Balaban J connectivity index is 1.85. The van der Waals surface area contributed by atoms with Crippen LogP contribution in [0, 0.1) is 0 Å². The van der Waals surface area contributed by atoms with Crippen LogP contribution in [0.3, 0.4) is 0 Å². The van der Waals surface area contributed by atoms with E-state index in [-0.39, 0.29) is 18.9 Å². The predicted molar refractivity (Wildman–Crippen MR) is 50.7 cm³/mol. The Bertz CT molecular complexity index is 229. The first kappa shape index (κ1) is 13.2. The van der Waals surface area contributed by atoms with E-state index in [0.717, 1.165) is 12.8 Å². The number of carbonyl (C=O) groups excluding carboxylic acids is 1. The van der Waals surface area contributed by atoms with Gasteiger partial charge in [0.2, 0.25) is 5.91 Å². The molecule has 0 aromatic heterocycles. The molecule has 0 unspecified atom stereocenters. The molecule has 0 saturated heterocycles. The van der Waals surface area contributed by atoms with E-state index in [0.29, 0.717) is 12.6 Å². The number of hydrogen-bond donors (Lipinski definition) is 2. The third-order valence-electron chi connectivity index (χ3n) is 2.02. The Kier molecular flexibility index (Phi) is 5.01. The van der Waals surface area contributed by atoms with Crippen molar-refractivity contribution in [1.29, 1.82) is 0 Å². The van der Waals surface area contributed by atoms with Crippen molar-refractivity contribution in [2.24, 2.45) is 0 Å². The molecule has 0 radical (unpaired) electrons. The van der Waals surface area contributed by atoms with Gasteiger partial charge in [0.15, 0.2) is 0 Å². The normalized spacial score (nSPS) is 16.2. The van der Waals surface area contributed by atoms with Gasteiger partial charge in [0.05, 0.1) is 6.61 Å². The van der Waals surface area contributed by atoms with Crippen LogP contribution in [-0.2, 0) is 9.53 Å². The van der Waals surface area contributed by atoms with E-state index in [1.54, 1.807) is 0 Å². The molecule has 0 bridgehead atoms. The minimum Gasteiger partial charge on any atom is -0.353 e. The monoisotopic (exact) mass is 240 g/mol. The van der Waals surface area contributed by atoms with Crippen molar-refractivity contribution in [3.8, 4) is 0 Å². The summed E-state index contributed by atoms with van der Waals surface area (Å²) in [5, 5.41) is 5.48. The molecule has 1 rings (SSSR count). The van der Waals surface area contributed by atoms with Gasteiger partial charge >= 0.3 is 6.36 Å². The van der Waals surface area contributed by atoms with E-state index in [1.165, 1.54) is 0 Å². The van der Waals surface area contributed by atoms with Crippen LogP contribution in [0.1, 0.15) is 19.3 Å².